The van der Waals surface area contributed by atoms with E-state index < -0.39 is 43.3 Å². The molecule has 0 aliphatic carbocycles. The molecule has 1 aliphatic rings. The van der Waals surface area contributed by atoms with Gasteiger partial charge >= 0.3 is 5.97 Å². The van der Waals surface area contributed by atoms with E-state index >= 15 is 0 Å². The first-order chi connectivity index (χ1) is 13.4. The van der Waals surface area contributed by atoms with Crippen molar-refractivity contribution < 1.29 is 39.4 Å². The highest BCUT2D eigenvalue weighted by Crippen LogP contribution is 2.27. The molecule has 5 atom stereocenters. The van der Waals surface area contributed by atoms with Gasteiger partial charge in [-0.3, -0.25) is 0 Å². The Morgan fingerprint density at radius 3 is 2.36 bits per heavy atom. The lowest BCUT2D eigenvalue weighted by Crippen LogP contribution is -2.60. The van der Waals surface area contributed by atoms with E-state index in [9.17, 15) is 25.2 Å². The van der Waals surface area contributed by atoms with Crippen LogP contribution in [-0.2, 0) is 9.47 Å². The molecule has 0 saturated carbocycles. The van der Waals surface area contributed by atoms with E-state index in [4.69, 9.17) is 14.2 Å². The second-order valence-corrected chi connectivity index (χ2v) is 6.41. The largest absolute Gasteiger partial charge is 0.465 e. The highest BCUT2D eigenvalue weighted by atomic mass is 16.7. The molecule has 0 radical (unpaired) electrons. The summed E-state index contributed by atoms with van der Waals surface area (Å²) >= 11 is 0. The van der Waals surface area contributed by atoms with Crippen molar-refractivity contribution in [2.24, 2.45) is 0 Å². The molecule has 2 aromatic carbocycles. The van der Waals surface area contributed by atoms with E-state index in [1.54, 1.807) is 42.5 Å². The van der Waals surface area contributed by atoms with E-state index in [0.29, 0.717) is 11.3 Å². The molecule has 8 nitrogen and oxygen atoms in total. The zero-order chi connectivity index (χ0) is 20.3. The minimum Gasteiger partial charge on any atom is -0.465 e. The summed E-state index contributed by atoms with van der Waals surface area (Å²) in [4.78, 5) is 11.7. The van der Waals surface area contributed by atoms with Gasteiger partial charge < -0.3 is 34.6 Å². The van der Waals surface area contributed by atoms with Crippen LogP contribution in [0.1, 0.15) is 10.4 Å². The lowest BCUT2D eigenvalue weighted by Gasteiger charge is -2.39. The van der Waals surface area contributed by atoms with Crippen LogP contribution < -0.4 is 4.74 Å². The molecule has 0 aromatic heterocycles. The van der Waals surface area contributed by atoms with Crippen LogP contribution >= 0.6 is 0 Å². The van der Waals surface area contributed by atoms with Gasteiger partial charge in [0.2, 0.25) is 6.29 Å². The maximum absolute atomic E-state index is 11.7. The van der Waals surface area contributed by atoms with Crippen LogP contribution in [0.5, 0.6) is 5.75 Å². The summed E-state index contributed by atoms with van der Waals surface area (Å²) in [6.45, 7) is -0.528. The molecule has 8 heteroatoms. The molecule has 0 spiro atoms. The average molecular weight is 390 g/mol. The van der Waals surface area contributed by atoms with Crippen LogP contribution in [-0.4, -0.2) is 70.8 Å². The van der Waals surface area contributed by atoms with Gasteiger partial charge in [0.1, 0.15) is 30.2 Å². The Hall–Kier alpha value is -2.49. The van der Waals surface area contributed by atoms with Gasteiger partial charge in [-0.15, -0.1) is 0 Å². The van der Waals surface area contributed by atoms with Crippen LogP contribution in [0.4, 0.5) is 0 Å². The van der Waals surface area contributed by atoms with Crippen LogP contribution in [0, 0.1) is 0 Å². The summed E-state index contributed by atoms with van der Waals surface area (Å²) in [5.74, 6) is -0.0679. The standard InChI is InChI=1S/C20H22O8/c1-26-19(25)13-4-2-3-12(9-13)11-5-7-14(8-6-11)27-20-18(24)17(23)16(22)15(10-21)28-20/h2-9,15-18,20-24H,10H2,1H3/t15-,16-,17+,18-,20-/m1/s1. The second kappa shape index (κ2) is 8.68. The summed E-state index contributed by atoms with van der Waals surface area (Å²) < 4.78 is 15.6. The number of aliphatic hydroxyl groups is 4. The normalized spacial score (nSPS) is 27.2. The van der Waals surface area contributed by atoms with Gasteiger partial charge in [0.25, 0.3) is 0 Å². The van der Waals surface area contributed by atoms with Crippen molar-refractivity contribution in [1.29, 1.82) is 0 Å². The smallest absolute Gasteiger partial charge is 0.337 e. The van der Waals surface area contributed by atoms with E-state index in [2.05, 4.69) is 0 Å². The molecule has 1 saturated heterocycles. The topological polar surface area (TPSA) is 126 Å². The summed E-state index contributed by atoms with van der Waals surface area (Å²) in [6.07, 6.45) is -6.71. The number of carbonyl (C=O) groups is 1. The summed E-state index contributed by atoms with van der Waals surface area (Å²) in [7, 11) is 1.32. The number of carbonyl (C=O) groups excluding carboxylic acids is 1. The molecule has 150 valence electrons. The van der Waals surface area contributed by atoms with Crippen molar-refractivity contribution in [3.05, 3.63) is 54.1 Å². The number of rotatable bonds is 5. The Morgan fingerprint density at radius 1 is 1.00 bits per heavy atom. The Kier molecular flexibility index (Phi) is 6.28. The highest BCUT2D eigenvalue weighted by Gasteiger charge is 2.44. The fourth-order valence-corrected chi connectivity index (χ4v) is 2.97. The third-order valence-corrected chi connectivity index (χ3v) is 4.57. The van der Waals surface area contributed by atoms with Crippen LogP contribution in [0.3, 0.4) is 0 Å². The van der Waals surface area contributed by atoms with E-state index in [0.717, 1.165) is 11.1 Å². The Bertz CT molecular complexity index is 804. The molecule has 0 amide bonds. The van der Waals surface area contributed by atoms with Crippen LogP contribution in [0.25, 0.3) is 11.1 Å². The molecular weight excluding hydrogens is 368 g/mol. The Labute approximate surface area is 161 Å². The van der Waals surface area contributed by atoms with Crippen LogP contribution in [0.15, 0.2) is 48.5 Å². The average Bonchev–Trinajstić information content (AvgIpc) is 2.74. The van der Waals surface area contributed by atoms with Crippen molar-refractivity contribution in [3.63, 3.8) is 0 Å². The SMILES string of the molecule is COC(=O)c1cccc(-c2ccc(O[C@@H]3O[C@H](CO)[C@@H](O)[C@H](O)[C@H]3O)cc2)c1. The number of hydrogen-bond donors (Lipinski definition) is 4. The monoisotopic (exact) mass is 390 g/mol. The Morgan fingerprint density at radius 2 is 1.71 bits per heavy atom. The van der Waals surface area contributed by atoms with Crippen molar-refractivity contribution in [2.75, 3.05) is 13.7 Å². The number of esters is 1. The van der Waals surface area contributed by atoms with Gasteiger partial charge in [0, 0.05) is 0 Å². The molecule has 1 heterocycles. The number of aliphatic hydroxyl groups excluding tert-OH is 4. The molecule has 0 bridgehead atoms. The first-order valence-electron chi connectivity index (χ1n) is 8.70. The molecule has 4 N–H and O–H groups in total. The first-order valence-corrected chi connectivity index (χ1v) is 8.70. The summed E-state index contributed by atoms with van der Waals surface area (Å²) in [6, 6.07) is 13.8. The molecular formula is C20H22O8. The van der Waals surface area contributed by atoms with Gasteiger partial charge in [-0.05, 0) is 35.4 Å². The van der Waals surface area contributed by atoms with Crippen molar-refractivity contribution >= 4 is 5.97 Å². The van der Waals surface area contributed by atoms with E-state index in [1.165, 1.54) is 7.11 Å². The molecule has 0 unspecified atom stereocenters. The van der Waals surface area contributed by atoms with Crippen LogP contribution in [0.2, 0.25) is 0 Å². The molecule has 28 heavy (non-hydrogen) atoms. The molecule has 1 aliphatic heterocycles. The quantitative estimate of drug-likeness (QED) is 0.538. The third kappa shape index (κ3) is 4.16. The third-order valence-electron chi connectivity index (χ3n) is 4.57. The van der Waals surface area contributed by atoms with E-state index in [-0.39, 0.29) is 0 Å². The first kappa shape index (κ1) is 20.2. The highest BCUT2D eigenvalue weighted by molar-refractivity contribution is 5.90. The lowest BCUT2D eigenvalue weighted by molar-refractivity contribution is -0.277. The minimum absolute atomic E-state index is 0.359. The maximum atomic E-state index is 11.7. The molecule has 3 rings (SSSR count). The fraction of sp³-hybridized carbons (Fsp3) is 0.350. The lowest BCUT2D eigenvalue weighted by atomic mass is 9.99. The molecule has 1 fully saturated rings. The van der Waals surface area contributed by atoms with Gasteiger partial charge in [0.15, 0.2) is 0 Å². The van der Waals surface area contributed by atoms with Crippen molar-refractivity contribution in [2.45, 2.75) is 30.7 Å². The molecule has 2 aromatic rings. The summed E-state index contributed by atoms with van der Waals surface area (Å²) in [5.41, 5.74) is 2.07. The van der Waals surface area contributed by atoms with E-state index in [1.807, 2.05) is 6.07 Å². The van der Waals surface area contributed by atoms with Gasteiger partial charge in [-0.25, -0.2) is 4.79 Å². The van der Waals surface area contributed by atoms with Gasteiger partial charge in [-0.1, -0.05) is 24.3 Å². The number of benzene rings is 2. The maximum Gasteiger partial charge on any atom is 0.337 e. The van der Waals surface area contributed by atoms with Crippen molar-refractivity contribution in [3.8, 4) is 16.9 Å². The zero-order valence-electron chi connectivity index (χ0n) is 15.1. The minimum atomic E-state index is -1.50. The predicted octanol–water partition coefficient (Wildman–Crippen LogP) is 0.319. The number of methoxy groups -OCH3 is 1. The summed E-state index contributed by atoms with van der Waals surface area (Å²) in [5, 5.41) is 38.9. The van der Waals surface area contributed by atoms with Crippen molar-refractivity contribution in [1.82, 2.24) is 0 Å². The Balaban J connectivity index is 1.74. The predicted molar refractivity (Wildman–Crippen MR) is 97.6 cm³/mol. The fourth-order valence-electron chi connectivity index (χ4n) is 2.97. The number of ether oxygens (including phenoxy) is 3. The second-order valence-electron chi connectivity index (χ2n) is 6.41. The van der Waals surface area contributed by atoms with Gasteiger partial charge in [0.05, 0.1) is 19.3 Å². The number of hydrogen-bond acceptors (Lipinski definition) is 8. The zero-order valence-corrected chi connectivity index (χ0v) is 15.1. The van der Waals surface area contributed by atoms with Gasteiger partial charge in [-0.2, -0.15) is 0 Å².